The first-order valence-corrected chi connectivity index (χ1v) is 9.57. The highest BCUT2D eigenvalue weighted by atomic mass is 35.5. The van der Waals surface area contributed by atoms with Crippen LogP contribution in [-0.4, -0.2) is 15.9 Å². The van der Waals surface area contributed by atoms with Crippen molar-refractivity contribution in [2.24, 2.45) is 0 Å². The third kappa shape index (κ3) is 4.74. The molecule has 0 saturated carbocycles. The van der Waals surface area contributed by atoms with Gasteiger partial charge in [0.05, 0.1) is 5.52 Å². The van der Waals surface area contributed by atoms with Gasteiger partial charge < -0.3 is 15.4 Å². The Balaban J connectivity index is 1.54. The Morgan fingerprint density at radius 3 is 2.40 bits per heavy atom. The number of hydrogen-bond donors (Lipinski definition) is 2. The van der Waals surface area contributed by atoms with Gasteiger partial charge >= 0.3 is 0 Å². The zero-order chi connectivity index (χ0) is 20.8. The number of ether oxygens (including phenoxy) is 1. The Hall–Kier alpha value is -3.90. The van der Waals surface area contributed by atoms with E-state index < -0.39 is 0 Å². The minimum absolute atomic E-state index is 0.315. The number of fused-ring (bicyclic) bond motifs is 1. The SMILES string of the molecule is O=C(C=CCl)Nc1ccc2ncnc(Nc3ccc(Oc4ccccc4)cc3)c2c1. The molecule has 148 valence electrons. The number of para-hydroxylation sites is 1. The van der Waals surface area contributed by atoms with Gasteiger partial charge in [-0.2, -0.15) is 0 Å². The minimum atomic E-state index is -0.315. The van der Waals surface area contributed by atoms with Gasteiger partial charge in [0.2, 0.25) is 5.91 Å². The van der Waals surface area contributed by atoms with Gasteiger partial charge in [0, 0.05) is 28.4 Å². The number of hydrogen-bond acceptors (Lipinski definition) is 5. The van der Waals surface area contributed by atoms with E-state index in [1.54, 1.807) is 6.07 Å². The number of nitrogens with zero attached hydrogens (tertiary/aromatic N) is 2. The molecule has 4 rings (SSSR count). The van der Waals surface area contributed by atoms with E-state index >= 15 is 0 Å². The molecule has 0 saturated heterocycles. The normalized spacial score (nSPS) is 10.8. The van der Waals surface area contributed by atoms with Crippen LogP contribution in [0.25, 0.3) is 10.9 Å². The lowest BCUT2D eigenvalue weighted by Gasteiger charge is -2.11. The first kappa shape index (κ1) is 19.4. The van der Waals surface area contributed by atoms with Crippen molar-refractivity contribution in [2.75, 3.05) is 10.6 Å². The van der Waals surface area contributed by atoms with Crippen molar-refractivity contribution in [1.29, 1.82) is 0 Å². The molecule has 2 N–H and O–H groups in total. The molecule has 0 aliphatic carbocycles. The Morgan fingerprint density at radius 2 is 1.63 bits per heavy atom. The molecule has 7 heteroatoms. The van der Waals surface area contributed by atoms with Crippen molar-refractivity contribution in [3.8, 4) is 11.5 Å². The smallest absolute Gasteiger partial charge is 0.249 e. The standard InChI is InChI=1S/C23H17ClN4O2/c24-13-12-22(29)27-17-8-11-21-20(14-17)23(26-15-25-21)28-16-6-9-19(10-7-16)30-18-4-2-1-3-5-18/h1-15H,(H,27,29)(H,25,26,28). The molecular formula is C23H17ClN4O2. The quantitative estimate of drug-likeness (QED) is 0.385. The number of carbonyl (C=O) groups is 1. The van der Waals surface area contributed by atoms with Crippen molar-refractivity contribution in [3.05, 3.63) is 90.7 Å². The van der Waals surface area contributed by atoms with Crippen molar-refractivity contribution in [1.82, 2.24) is 9.97 Å². The van der Waals surface area contributed by atoms with Gasteiger partial charge in [-0.15, -0.1) is 0 Å². The second kappa shape index (κ2) is 9.07. The van der Waals surface area contributed by atoms with Crippen LogP contribution in [0.5, 0.6) is 11.5 Å². The molecule has 4 aromatic rings. The van der Waals surface area contributed by atoms with E-state index in [1.165, 1.54) is 12.4 Å². The molecule has 0 unspecified atom stereocenters. The summed E-state index contributed by atoms with van der Waals surface area (Å²) in [6.45, 7) is 0. The maximum Gasteiger partial charge on any atom is 0.249 e. The summed E-state index contributed by atoms with van der Waals surface area (Å²) < 4.78 is 5.82. The topological polar surface area (TPSA) is 76.1 Å². The molecule has 1 amide bonds. The summed E-state index contributed by atoms with van der Waals surface area (Å²) in [5.41, 5.74) is 3.38. The zero-order valence-electron chi connectivity index (χ0n) is 15.7. The summed E-state index contributed by atoms with van der Waals surface area (Å²) in [4.78, 5) is 20.4. The molecule has 30 heavy (non-hydrogen) atoms. The molecular weight excluding hydrogens is 400 g/mol. The zero-order valence-corrected chi connectivity index (χ0v) is 16.5. The minimum Gasteiger partial charge on any atom is -0.457 e. The van der Waals surface area contributed by atoms with Gasteiger partial charge in [-0.3, -0.25) is 4.79 Å². The van der Waals surface area contributed by atoms with Crippen LogP contribution in [0.2, 0.25) is 0 Å². The Kier molecular flexibility index (Phi) is 5.87. The number of carbonyl (C=O) groups excluding carboxylic acids is 1. The van der Waals surface area contributed by atoms with Gasteiger partial charge in [0.15, 0.2) is 0 Å². The molecule has 0 aliphatic heterocycles. The fraction of sp³-hybridized carbons (Fsp3) is 0. The van der Waals surface area contributed by atoms with Crippen LogP contribution in [0, 0.1) is 0 Å². The van der Waals surface area contributed by atoms with E-state index in [0.717, 1.165) is 33.6 Å². The number of halogens is 1. The van der Waals surface area contributed by atoms with E-state index in [9.17, 15) is 4.79 Å². The van der Waals surface area contributed by atoms with Gasteiger partial charge in [-0.25, -0.2) is 9.97 Å². The number of nitrogens with one attached hydrogen (secondary N) is 2. The van der Waals surface area contributed by atoms with Crippen molar-refractivity contribution in [3.63, 3.8) is 0 Å². The number of rotatable bonds is 6. The number of anilines is 3. The second-order valence-electron chi connectivity index (χ2n) is 6.30. The Bertz CT molecular complexity index is 1190. The maximum atomic E-state index is 11.7. The Labute approximate surface area is 178 Å². The summed E-state index contributed by atoms with van der Waals surface area (Å²) in [5.74, 6) is 1.82. The lowest BCUT2D eigenvalue weighted by molar-refractivity contribution is -0.111. The number of aromatic nitrogens is 2. The van der Waals surface area contributed by atoms with Crippen LogP contribution in [0.15, 0.2) is 90.7 Å². The largest absolute Gasteiger partial charge is 0.457 e. The summed E-state index contributed by atoms with van der Waals surface area (Å²) in [5, 5.41) is 6.81. The Morgan fingerprint density at radius 1 is 0.900 bits per heavy atom. The van der Waals surface area contributed by atoms with Gasteiger partial charge in [0.25, 0.3) is 0 Å². The first-order valence-electron chi connectivity index (χ1n) is 9.14. The average Bonchev–Trinajstić information content (AvgIpc) is 2.76. The van der Waals surface area contributed by atoms with Crippen LogP contribution >= 0.6 is 11.6 Å². The lowest BCUT2D eigenvalue weighted by Crippen LogP contribution is -2.07. The van der Waals surface area contributed by atoms with Crippen molar-refractivity contribution in [2.45, 2.75) is 0 Å². The maximum absolute atomic E-state index is 11.7. The van der Waals surface area contributed by atoms with E-state index in [-0.39, 0.29) is 5.91 Å². The fourth-order valence-corrected chi connectivity index (χ4v) is 2.96. The van der Waals surface area contributed by atoms with Crippen LogP contribution < -0.4 is 15.4 Å². The molecule has 0 radical (unpaired) electrons. The van der Waals surface area contributed by atoms with Crippen LogP contribution in [-0.2, 0) is 4.79 Å². The molecule has 1 aromatic heterocycles. The highest BCUT2D eigenvalue weighted by Crippen LogP contribution is 2.28. The third-order valence-electron chi connectivity index (χ3n) is 4.21. The summed E-state index contributed by atoms with van der Waals surface area (Å²) in [7, 11) is 0. The molecule has 0 bridgehead atoms. The predicted molar refractivity (Wildman–Crippen MR) is 119 cm³/mol. The van der Waals surface area contributed by atoms with E-state index in [4.69, 9.17) is 16.3 Å². The number of benzene rings is 3. The van der Waals surface area contributed by atoms with Crippen LogP contribution in [0.4, 0.5) is 17.2 Å². The molecule has 0 spiro atoms. The van der Waals surface area contributed by atoms with E-state index in [0.29, 0.717) is 11.5 Å². The molecule has 1 heterocycles. The fourth-order valence-electron chi connectivity index (χ4n) is 2.84. The lowest BCUT2D eigenvalue weighted by atomic mass is 10.2. The van der Waals surface area contributed by atoms with E-state index in [2.05, 4.69) is 20.6 Å². The predicted octanol–water partition coefficient (Wildman–Crippen LogP) is 5.86. The molecule has 0 atom stereocenters. The monoisotopic (exact) mass is 416 g/mol. The van der Waals surface area contributed by atoms with Crippen molar-refractivity contribution >= 4 is 45.6 Å². The summed E-state index contributed by atoms with van der Waals surface area (Å²) in [6.07, 6.45) is 2.73. The van der Waals surface area contributed by atoms with Crippen molar-refractivity contribution < 1.29 is 9.53 Å². The highest BCUT2D eigenvalue weighted by molar-refractivity contribution is 6.27. The van der Waals surface area contributed by atoms with E-state index in [1.807, 2.05) is 66.7 Å². The average molecular weight is 417 g/mol. The second-order valence-corrected chi connectivity index (χ2v) is 6.55. The molecule has 0 fully saturated rings. The molecule has 6 nitrogen and oxygen atoms in total. The summed E-state index contributed by atoms with van der Waals surface area (Å²) in [6, 6.07) is 22.6. The van der Waals surface area contributed by atoms with Crippen LogP contribution in [0.3, 0.4) is 0 Å². The first-order chi connectivity index (χ1) is 14.7. The molecule has 0 aliphatic rings. The summed E-state index contributed by atoms with van der Waals surface area (Å²) >= 11 is 5.45. The van der Waals surface area contributed by atoms with Gasteiger partial charge in [-0.05, 0) is 54.6 Å². The van der Waals surface area contributed by atoms with Crippen LogP contribution in [0.1, 0.15) is 0 Å². The highest BCUT2D eigenvalue weighted by Gasteiger charge is 2.07. The molecule has 3 aromatic carbocycles. The van der Waals surface area contributed by atoms with Gasteiger partial charge in [-0.1, -0.05) is 29.8 Å². The third-order valence-corrected chi connectivity index (χ3v) is 4.34. The van der Waals surface area contributed by atoms with Gasteiger partial charge in [0.1, 0.15) is 23.6 Å². The number of amides is 1.